The van der Waals surface area contributed by atoms with E-state index >= 15 is 0 Å². The fourth-order valence-corrected chi connectivity index (χ4v) is 4.48. The monoisotopic (exact) mass is 489 g/mol. The molecule has 0 bridgehead atoms. The Hall–Kier alpha value is -4.56. The predicted octanol–water partition coefficient (Wildman–Crippen LogP) is 4.48. The zero-order valence-electron chi connectivity index (χ0n) is 20.8. The van der Waals surface area contributed by atoms with Gasteiger partial charge >= 0.3 is 0 Å². The molecule has 0 amide bonds. The van der Waals surface area contributed by atoms with Crippen LogP contribution in [-0.2, 0) is 6.54 Å². The highest BCUT2D eigenvalue weighted by atomic mass is 16.5. The van der Waals surface area contributed by atoms with Gasteiger partial charge in [-0.2, -0.15) is 5.10 Å². The molecule has 5 aromatic rings. The highest BCUT2D eigenvalue weighted by Crippen LogP contribution is 2.31. The smallest absolute Gasteiger partial charge is 0.138 e. The molecule has 8 heteroatoms. The fraction of sp³-hybridized carbons (Fsp3) is 0.172. The van der Waals surface area contributed by atoms with Crippen molar-refractivity contribution in [3.8, 4) is 28.3 Å². The van der Waals surface area contributed by atoms with Gasteiger partial charge in [0.2, 0.25) is 0 Å². The van der Waals surface area contributed by atoms with Gasteiger partial charge < -0.3 is 20.0 Å². The number of rotatable bonds is 7. The molecule has 0 atom stereocenters. The van der Waals surface area contributed by atoms with Crippen molar-refractivity contribution in [2.24, 2.45) is 5.10 Å². The Labute approximate surface area is 215 Å². The third-order valence-electron chi connectivity index (χ3n) is 6.38. The molecule has 4 aromatic heterocycles. The molecular formula is C29H27N7O. The average Bonchev–Trinajstić information content (AvgIpc) is 3.37. The van der Waals surface area contributed by atoms with Crippen molar-refractivity contribution in [3.05, 3.63) is 96.2 Å². The van der Waals surface area contributed by atoms with Gasteiger partial charge in [-0.05, 0) is 50.5 Å². The highest BCUT2D eigenvalue weighted by molar-refractivity contribution is 6.16. The number of pyridine rings is 3. The molecule has 0 unspecified atom stereocenters. The molecule has 8 nitrogen and oxygen atoms in total. The van der Waals surface area contributed by atoms with Crippen LogP contribution >= 0.6 is 0 Å². The first kappa shape index (κ1) is 22.9. The number of hydrazone groups is 1. The Morgan fingerprint density at radius 2 is 1.86 bits per heavy atom. The van der Waals surface area contributed by atoms with E-state index in [9.17, 15) is 0 Å². The normalized spacial score (nSPS) is 12.8. The number of likely N-dealkylation sites (N-methyl/N-ethyl adjacent to an activating group) is 1. The Morgan fingerprint density at radius 3 is 2.73 bits per heavy atom. The van der Waals surface area contributed by atoms with Crippen LogP contribution in [0.2, 0.25) is 0 Å². The van der Waals surface area contributed by atoms with Gasteiger partial charge in [-0.15, -0.1) is 0 Å². The number of nitrogens with one attached hydrogen (secondary N) is 2. The number of hydrogen-bond acceptors (Lipinski definition) is 7. The van der Waals surface area contributed by atoms with Crippen molar-refractivity contribution in [2.75, 3.05) is 27.2 Å². The zero-order valence-corrected chi connectivity index (χ0v) is 20.8. The van der Waals surface area contributed by atoms with E-state index in [4.69, 9.17) is 14.8 Å². The summed E-state index contributed by atoms with van der Waals surface area (Å²) in [5.74, 6) is 0.729. The maximum Gasteiger partial charge on any atom is 0.138 e. The molecule has 0 aliphatic carbocycles. The largest absolute Gasteiger partial charge is 0.491 e. The van der Waals surface area contributed by atoms with E-state index in [1.165, 1.54) is 0 Å². The molecule has 2 N–H and O–H groups in total. The first-order chi connectivity index (χ1) is 18.2. The fourth-order valence-electron chi connectivity index (χ4n) is 4.48. The number of aromatic nitrogens is 4. The van der Waals surface area contributed by atoms with Gasteiger partial charge in [0.25, 0.3) is 0 Å². The summed E-state index contributed by atoms with van der Waals surface area (Å²) in [5.41, 5.74) is 11.8. The molecule has 1 aliphatic rings. The second-order valence-electron chi connectivity index (χ2n) is 9.25. The number of nitrogens with zero attached hydrogens (tertiary/aromatic N) is 5. The van der Waals surface area contributed by atoms with Crippen LogP contribution in [0.5, 0.6) is 5.75 Å². The molecular weight excluding hydrogens is 462 g/mol. The van der Waals surface area contributed by atoms with E-state index in [-0.39, 0.29) is 0 Å². The minimum absolute atomic E-state index is 0.596. The van der Waals surface area contributed by atoms with Gasteiger partial charge in [0.15, 0.2) is 0 Å². The van der Waals surface area contributed by atoms with Crippen molar-refractivity contribution >= 4 is 16.6 Å². The van der Waals surface area contributed by atoms with Gasteiger partial charge in [0.1, 0.15) is 18.1 Å². The number of fused-ring (bicyclic) bond motifs is 2. The number of aromatic amines is 1. The van der Waals surface area contributed by atoms with Gasteiger partial charge in [-0.3, -0.25) is 15.0 Å². The summed E-state index contributed by atoms with van der Waals surface area (Å²) in [6.07, 6.45) is 7.28. The van der Waals surface area contributed by atoms with Gasteiger partial charge in [0.05, 0.1) is 29.8 Å². The number of benzene rings is 1. The van der Waals surface area contributed by atoms with Crippen LogP contribution in [-0.4, -0.2) is 57.8 Å². The number of ether oxygens (including phenoxy) is 1. The maximum atomic E-state index is 5.89. The molecule has 0 radical (unpaired) electrons. The Bertz CT molecular complexity index is 1590. The Balaban J connectivity index is 1.35. The van der Waals surface area contributed by atoms with Crippen molar-refractivity contribution in [1.29, 1.82) is 0 Å². The zero-order chi connectivity index (χ0) is 25.2. The van der Waals surface area contributed by atoms with Crippen molar-refractivity contribution in [1.82, 2.24) is 30.3 Å². The van der Waals surface area contributed by atoms with E-state index < -0.39 is 0 Å². The second kappa shape index (κ2) is 9.83. The minimum Gasteiger partial charge on any atom is -0.491 e. The van der Waals surface area contributed by atoms with Gasteiger partial charge in [-0.25, -0.2) is 0 Å². The highest BCUT2D eigenvalue weighted by Gasteiger charge is 2.20. The summed E-state index contributed by atoms with van der Waals surface area (Å²) in [4.78, 5) is 19.3. The average molecular weight is 490 g/mol. The lowest BCUT2D eigenvalue weighted by Gasteiger charge is -2.18. The predicted molar refractivity (Wildman–Crippen MR) is 146 cm³/mol. The summed E-state index contributed by atoms with van der Waals surface area (Å²) < 4.78 is 5.89. The quantitative estimate of drug-likeness (QED) is 0.350. The molecule has 1 aliphatic heterocycles. The SMILES string of the molecule is CN(C)CCOc1cncc(-c2cc3c(cn2)CNN=C3c2cc3c(-c4ccccn4)cccc3[nH]2)c1. The summed E-state index contributed by atoms with van der Waals surface area (Å²) in [7, 11) is 4.05. The first-order valence-corrected chi connectivity index (χ1v) is 12.2. The standard InChI is InChI=1S/C29H27N7O/c1-36(2)10-11-37-21-12-19(15-30-18-21)27-13-23-20(16-32-27)17-33-35-29(23)28-14-24-22(6-5-8-26(24)34-28)25-7-3-4-9-31-25/h3-9,12-16,18,33-34H,10-11,17H2,1-2H3. The Morgan fingerprint density at radius 1 is 0.919 bits per heavy atom. The molecule has 0 spiro atoms. The van der Waals surface area contributed by atoms with Crippen LogP contribution in [0.15, 0.2) is 84.5 Å². The summed E-state index contributed by atoms with van der Waals surface area (Å²) >= 11 is 0. The number of hydrogen-bond donors (Lipinski definition) is 2. The van der Waals surface area contributed by atoms with E-state index in [1.807, 2.05) is 63.0 Å². The molecule has 184 valence electrons. The van der Waals surface area contributed by atoms with E-state index in [0.717, 1.165) is 68.2 Å². The lowest BCUT2D eigenvalue weighted by Crippen LogP contribution is -2.22. The summed E-state index contributed by atoms with van der Waals surface area (Å²) in [6, 6.07) is 18.4. The van der Waals surface area contributed by atoms with Crippen LogP contribution in [0.25, 0.3) is 33.4 Å². The molecule has 0 saturated carbocycles. The molecule has 5 heterocycles. The topological polar surface area (TPSA) is 91.3 Å². The van der Waals surface area contributed by atoms with Gasteiger partial charge in [-0.1, -0.05) is 18.2 Å². The Kier molecular flexibility index (Phi) is 6.08. The molecule has 1 aromatic carbocycles. The molecule has 37 heavy (non-hydrogen) atoms. The van der Waals surface area contributed by atoms with Crippen LogP contribution in [0.4, 0.5) is 0 Å². The summed E-state index contributed by atoms with van der Waals surface area (Å²) in [5, 5.41) is 5.80. The number of H-pyrrole nitrogens is 1. The van der Waals surface area contributed by atoms with Crippen LogP contribution in [0, 0.1) is 0 Å². The minimum atomic E-state index is 0.596. The van der Waals surface area contributed by atoms with E-state index in [2.05, 4.69) is 49.5 Å². The van der Waals surface area contributed by atoms with Crippen molar-refractivity contribution in [2.45, 2.75) is 6.54 Å². The van der Waals surface area contributed by atoms with E-state index in [0.29, 0.717) is 13.2 Å². The molecule has 0 saturated heterocycles. The maximum absolute atomic E-state index is 5.89. The van der Waals surface area contributed by atoms with Crippen LogP contribution in [0.3, 0.4) is 0 Å². The first-order valence-electron chi connectivity index (χ1n) is 12.2. The molecule has 6 rings (SSSR count). The third-order valence-corrected chi connectivity index (χ3v) is 6.38. The molecule has 0 fully saturated rings. The third kappa shape index (κ3) is 4.66. The lowest BCUT2D eigenvalue weighted by atomic mass is 9.98. The van der Waals surface area contributed by atoms with Crippen LogP contribution in [0.1, 0.15) is 16.8 Å². The second-order valence-corrected chi connectivity index (χ2v) is 9.25. The van der Waals surface area contributed by atoms with Crippen LogP contribution < -0.4 is 10.2 Å². The summed E-state index contributed by atoms with van der Waals surface area (Å²) in [6.45, 7) is 2.05. The van der Waals surface area contributed by atoms with Gasteiger partial charge in [0, 0.05) is 58.3 Å². The lowest BCUT2D eigenvalue weighted by molar-refractivity contribution is 0.261. The van der Waals surface area contributed by atoms with E-state index in [1.54, 1.807) is 6.20 Å². The van der Waals surface area contributed by atoms with Crippen molar-refractivity contribution in [3.63, 3.8) is 0 Å². The van der Waals surface area contributed by atoms with Crippen molar-refractivity contribution < 1.29 is 4.74 Å².